The standard InChI is InChI=1S/C34H34ClFN4O7S2/c1-34(2)46-19-24(47-34)18-45-31-14-28-26(13-29(31)40-32(41)12-25-8-9-49(42,43)48-25)33(21(15-37)16-38-28)39-23-6-7-30(27(35)11-23)44-17-20-4-3-5-22(36)10-20/h3-7,10-11,13-14,16,24-25,42-43H,8-9,12,17-19H2,1-2H3,(H,38,39)(H,40,41). The number of pyridine rings is 1. The summed E-state index contributed by atoms with van der Waals surface area (Å²) in [5.41, 5.74) is 2.69. The average molecular weight is 729 g/mol. The van der Waals surface area contributed by atoms with Crippen molar-refractivity contribution in [3.8, 4) is 17.6 Å². The largest absolute Gasteiger partial charge is 0.489 e. The van der Waals surface area contributed by atoms with E-state index in [0.29, 0.717) is 63.1 Å². The number of aromatic nitrogens is 1. The lowest BCUT2D eigenvalue weighted by Gasteiger charge is -2.24. The van der Waals surface area contributed by atoms with Crippen LogP contribution in [0, 0.1) is 17.1 Å². The molecule has 0 spiro atoms. The molecule has 3 heterocycles. The number of nitrogens with zero attached hydrogens (tertiary/aromatic N) is 2. The number of nitriles is 1. The number of halogens is 2. The number of ether oxygens (including phenoxy) is 4. The average Bonchev–Trinajstić information content (AvgIpc) is 3.58. The first kappa shape index (κ1) is 35.0. The molecule has 2 unspecified atom stereocenters. The minimum absolute atomic E-state index is 0.0690. The number of rotatable bonds is 11. The van der Waals surface area contributed by atoms with Crippen LogP contribution >= 0.6 is 32.0 Å². The van der Waals surface area contributed by atoms with E-state index in [4.69, 9.17) is 30.5 Å². The third-order valence-electron chi connectivity index (χ3n) is 7.75. The first-order valence-electron chi connectivity index (χ1n) is 15.4. The summed E-state index contributed by atoms with van der Waals surface area (Å²) in [5.74, 6) is -0.454. The molecule has 2 atom stereocenters. The summed E-state index contributed by atoms with van der Waals surface area (Å²) in [6.07, 6.45) is 1.68. The van der Waals surface area contributed by atoms with E-state index in [9.17, 15) is 23.6 Å². The van der Waals surface area contributed by atoms with Crippen molar-refractivity contribution in [3.63, 3.8) is 0 Å². The zero-order valence-electron chi connectivity index (χ0n) is 26.6. The second-order valence-electron chi connectivity index (χ2n) is 12.0. The molecule has 0 radical (unpaired) electrons. The van der Waals surface area contributed by atoms with Crippen LogP contribution < -0.4 is 20.1 Å². The van der Waals surface area contributed by atoms with Gasteiger partial charge in [-0.3, -0.25) is 18.9 Å². The Morgan fingerprint density at radius 1 is 1.20 bits per heavy atom. The highest BCUT2D eigenvalue weighted by Crippen LogP contribution is 2.61. The number of benzene rings is 3. The maximum atomic E-state index is 13.6. The van der Waals surface area contributed by atoms with E-state index >= 15 is 0 Å². The highest BCUT2D eigenvalue weighted by molar-refractivity contribution is 8.90. The summed E-state index contributed by atoms with van der Waals surface area (Å²) in [6.45, 7) is 4.23. The Balaban J connectivity index is 1.27. The predicted molar refractivity (Wildman–Crippen MR) is 189 cm³/mol. The van der Waals surface area contributed by atoms with E-state index in [-0.39, 0.29) is 54.0 Å². The van der Waals surface area contributed by atoms with Crippen LogP contribution in [-0.4, -0.2) is 56.1 Å². The predicted octanol–water partition coefficient (Wildman–Crippen LogP) is 8.25. The molecule has 258 valence electrons. The van der Waals surface area contributed by atoms with Crippen molar-refractivity contribution >= 4 is 65.9 Å². The number of hydrogen-bond donors (Lipinski definition) is 4. The molecule has 1 amide bonds. The molecular formula is C34H34ClFN4O7S2. The van der Waals surface area contributed by atoms with Crippen LogP contribution in [-0.2, 0) is 20.9 Å². The molecule has 3 aromatic carbocycles. The molecule has 0 aliphatic carbocycles. The van der Waals surface area contributed by atoms with Crippen molar-refractivity contribution in [2.24, 2.45) is 0 Å². The molecule has 2 saturated heterocycles. The van der Waals surface area contributed by atoms with Gasteiger partial charge in [-0.15, -0.1) is 9.62 Å². The van der Waals surface area contributed by atoms with Gasteiger partial charge in [-0.1, -0.05) is 23.7 Å². The maximum absolute atomic E-state index is 13.6. The molecule has 4 N–H and O–H groups in total. The van der Waals surface area contributed by atoms with Gasteiger partial charge in [0, 0.05) is 40.8 Å². The van der Waals surface area contributed by atoms with Crippen LogP contribution in [0.5, 0.6) is 11.5 Å². The van der Waals surface area contributed by atoms with E-state index in [1.165, 1.54) is 18.3 Å². The molecule has 0 saturated carbocycles. The van der Waals surface area contributed by atoms with Crippen LogP contribution in [0.2, 0.25) is 5.02 Å². The molecular weight excluding hydrogens is 695 g/mol. The summed E-state index contributed by atoms with van der Waals surface area (Å²) < 4.78 is 57.1. The fourth-order valence-electron chi connectivity index (χ4n) is 5.46. The topological polar surface area (TPSA) is 155 Å². The highest BCUT2D eigenvalue weighted by atomic mass is 35.5. The van der Waals surface area contributed by atoms with E-state index in [2.05, 4.69) is 21.7 Å². The smallest absolute Gasteiger partial charge is 0.225 e. The third kappa shape index (κ3) is 8.87. The van der Waals surface area contributed by atoms with Crippen molar-refractivity contribution in [3.05, 3.63) is 82.8 Å². The minimum Gasteiger partial charge on any atom is -0.489 e. The molecule has 11 nitrogen and oxygen atoms in total. The molecule has 1 aromatic heterocycles. The second-order valence-corrected chi connectivity index (χ2v) is 17.1. The number of hydrogen-bond acceptors (Lipinski definition) is 11. The lowest BCUT2D eigenvalue weighted by Crippen LogP contribution is -2.25. The monoisotopic (exact) mass is 728 g/mol. The number of carbonyl (C=O) groups is 1. The van der Waals surface area contributed by atoms with Gasteiger partial charge in [0.25, 0.3) is 0 Å². The Morgan fingerprint density at radius 2 is 2.04 bits per heavy atom. The Bertz CT molecular complexity index is 1930. The van der Waals surface area contributed by atoms with Crippen LogP contribution in [0.15, 0.2) is 60.8 Å². The summed E-state index contributed by atoms with van der Waals surface area (Å²) in [5, 5.41) is 16.8. The molecule has 4 aromatic rings. The normalized spacial score (nSPS) is 20.0. The lowest BCUT2D eigenvalue weighted by atomic mass is 10.1. The van der Waals surface area contributed by atoms with Crippen LogP contribution in [0.1, 0.15) is 37.8 Å². The summed E-state index contributed by atoms with van der Waals surface area (Å²) in [4.78, 5) is 17.7. The van der Waals surface area contributed by atoms with Gasteiger partial charge in [0.05, 0.1) is 34.1 Å². The van der Waals surface area contributed by atoms with Crippen molar-refractivity contribution in [1.29, 1.82) is 5.26 Å². The Kier molecular flexibility index (Phi) is 10.4. The van der Waals surface area contributed by atoms with Crippen LogP contribution in [0.4, 0.5) is 21.5 Å². The van der Waals surface area contributed by atoms with Gasteiger partial charge in [-0.25, -0.2) is 4.39 Å². The SMILES string of the molecule is CC1(C)OCC(COc2cc3ncc(C#N)c(Nc4ccc(OCc5cccc(F)c5)c(Cl)c4)c3cc2NC(=O)CC2CCS(O)(O)S2)O1. The molecule has 15 heteroatoms. The molecule has 2 aliphatic heterocycles. The number of nitrogens with one attached hydrogen (secondary N) is 2. The van der Waals surface area contributed by atoms with E-state index in [1.54, 1.807) is 42.5 Å². The van der Waals surface area contributed by atoms with Gasteiger partial charge in [-0.05, 0) is 73.0 Å². The first-order chi connectivity index (χ1) is 23.4. The number of fused-ring (bicyclic) bond motifs is 1. The van der Waals surface area contributed by atoms with E-state index in [0.717, 1.165) is 10.8 Å². The lowest BCUT2D eigenvalue weighted by molar-refractivity contribution is -0.141. The zero-order valence-corrected chi connectivity index (χ0v) is 29.0. The van der Waals surface area contributed by atoms with Crippen molar-refractivity contribution in [2.45, 2.75) is 50.4 Å². The van der Waals surface area contributed by atoms with Crippen LogP contribution in [0.3, 0.4) is 0 Å². The van der Waals surface area contributed by atoms with Gasteiger partial charge in [0.1, 0.15) is 42.7 Å². The molecule has 49 heavy (non-hydrogen) atoms. The van der Waals surface area contributed by atoms with Crippen LogP contribution in [0.25, 0.3) is 10.9 Å². The zero-order chi connectivity index (χ0) is 34.8. The van der Waals surface area contributed by atoms with Gasteiger partial charge >= 0.3 is 0 Å². The molecule has 6 rings (SSSR count). The highest BCUT2D eigenvalue weighted by Gasteiger charge is 2.34. The van der Waals surface area contributed by atoms with E-state index < -0.39 is 15.4 Å². The molecule has 0 bridgehead atoms. The fraction of sp³-hybridized carbons (Fsp3) is 0.324. The maximum Gasteiger partial charge on any atom is 0.225 e. The van der Waals surface area contributed by atoms with Gasteiger partial charge < -0.3 is 29.6 Å². The Labute approximate surface area is 292 Å². The Morgan fingerprint density at radius 3 is 2.73 bits per heavy atom. The second kappa shape index (κ2) is 14.6. The van der Waals surface area contributed by atoms with Crippen molar-refractivity contribution in [1.82, 2.24) is 4.98 Å². The molecule has 2 fully saturated rings. The summed E-state index contributed by atoms with van der Waals surface area (Å²) in [6, 6.07) is 16.7. The summed E-state index contributed by atoms with van der Waals surface area (Å²) in [7, 11) is -1.70. The van der Waals surface area contributed by atoms with Gasteiger partial charge in [-0.2, -0.15) is 5.26 Å². The summed E-state index contributed by atoms with van der Waals surface area (Å²) >= 11 is 6.55. The van der Waals surface area contributed by atoms with Crippen molar-refractivity contribution in [2.75, 3.05) is 29.6 Å². The fourth-order valence-corrected chi connectivity index (χ4v) is 9.77. The van der Waals surface area contributed by atoms with Crippen molar-refractivity contribution < 1.29 is 37.2 Å². The van der Waals surface area contributed by atoms with Gasteiger partial charge in [0.15, 0.2) is 5.79 Å². The number of anilines is 3. The van der Waals surface area contributed by atoms with Gasteiger partial charge in [0.2, 0.25) is 5.91 Å². The number of amides is 1. The number of carbonyl (C=O) groups excluding carboxylic acids is 1. The van der Waals surface area contributed by atoms with E-state index in [1.807, 2.05) is 13.8 Å². The Hall–Kier alpha value is -3.81. The quantitative estimate of drug-likeness (QED) is 0.110. The third-order valence-corrected chi connectivity index (χ3v) is 12.0. The first-order valence-corrected chi connectivity index (χ1v) is 18.8. The minimum atomic E-state index is -2.74. The molecule has 2 aliphatic rings.